The zero-order valence-electron chi connectivity index (χ0n) is 10.0. The second-order valence-electron chi connectivity index (χ2n) is 4.67. The first-order chi connectivity index (χ1) is 8.69. The molecular weight excluding hydrogens is 236 g/mol. The second-order valence-corrected chi connectivity index (χ2v) is 4.67. The van der Waals surface area contributed by atoms with Crippen molar-refractivity contribution in [3.8, 4) is 5.75 Å². The standard InChI is InChI=1S/C12H16N2O4/c15-10-7-9(8-13-11(10)16)14-3-1-12(2-4-14)17-5-6-18-12/h7-8,15H,1-6H2,(H,13,16). The minimum atomic E-state index is -0.463. The molecular formula is C12H16N2O4. The summed E-state index contributed by atoms with van der Waals surface area (Å²) in [5.41, 5.74) is 0.356. The third-order valence-electron chi connectivity index (χ3n) is 3.57. The minimum Gasteiger partial charge on any atom is -0.503 e. The van der Waals surface area contributed by atoms with E-state index < -0.39 is 11.3 Å². The monoisotopic (exact) mass is 252 g/mol. The second kappa shape index (κ2) is 4.29. The van der Waals surface area contributed by atoms with Crippen molar-refractivity contribution >= 4 is 5.69 Å². The molecule has 1 aromatic rings. The third-order valence-corrected chi connectivity index (χ3v) is 3.57. The van der Waals surface area contributed by atoms with Gasteiger partial charge in [0.2, 0.25) is 0 Å². The number of anilines is 1. The van der Waals surface area contributed by atoms with E-state index >= 15 is 0 Å². The van der Waals surface area contributed by atoms with E-state index in [9.17, 15) is 9.90 Å². The summed E-state index contributed by atoms with van der Waals surface area (Å²) in [6.07, 6.45) is 3.22. The Balaban J connectivity index is 1.72. The van der Waals surface area contributed by atoms with Crippen molar-refractivity contribution in [2.45, 2.75) is 18.6 Å². The predicted octanol–water partition coefficient (Wildman–Crippen LogP) is 0.424. The molecule has 18 heavy (non-hydrogen) atoms. The number of aromatic amines is 1. The summed E-state index contributed by atoms with van der Waals surface area (Å²) in [7, 11) is 0. The Morgan fingerprint density at radius 2 is 1.94 bits per heavy atom. The molecule has 1 aromatic heterocycles. The Kier molecular flexibility index (Phi) is 2.76. The van der Waals surface area contributed by atoms with Gasteiger partial charge in [-0.3, -0.25) is 4.79 Å². The van der Waals surface area contributed by atoms with Crippen LogP contribution in [0.1, 0.15) is 12.8 Å². The third kappa shape index (κ3) is 1.97. The molecule has 0 aliphatic carbocycles. The van der Waals surface area contributed by atoms with E-state index in [0.29, 0.717) is 13.2 Å². The Morgan fingerprint density at radius 3 is 2.56 bits per heavy atom. The number of piperidine rings is 1. The van der Waals surface area contributed by atoms with Gasteiger partial charge in [-0.1, -0.05) is 0 Å². The van der Waals surface area contributed by atoms with Crippen molar-refractivity contribution in [2.24, 2.45) is 0 Å². The van der Waals surface area contributed by atoms with Gasteiger partial charge in [-0.15, -0.1) is 0 Å². The smallest absolute Gasteiger partial charge is 0.290 e. The maximum atomic E-state index is 11.1. The topological polar surface area (TPSA) is 74.8 Å². The molecule has 0 aromatic carbocycles. The first-order valence-corrected chi connectivity index (χ1v) is 6.13. The molecule has 98 valence electrons. The highest BCUT2D eigenvalue weighted by Gasteiger charge is 2.39. The van der Waals surface area contributed by atoms with Gasteiger partial charge in [-0.2, -0.15) is 0 Å². The fraction of sp³-hybridized carbons (Fsp3) is 0.583. The maximum absolute atomic E-state index is 11.1. The van der Waals surface area contributed by atoms with Crippen molar-refractivity contribution in [3.05, 3.63) is 22.6 Å². The molecule has 6 heteroatoms. The van der Waals surface area contributed by atoms with Crippen LogP contribution in [0.4, 0.5) is 5.69 Å². The summed E-state index contributed by atoms with van der Waals surface area (Å²) in [6.45, 7) is 2.90. The first-order valence-electron chi connectivity index (χ1n) is 6.13. The molecule has 0 saturated carbocycles. The van der Waals surface area contributed by atoms with Gasteiger partial charge in [-0.05, 0) is 0 Å². The van der Waals surface area contributed by atoms with Crippen LogP contribution in [0.3, 0.4) is 0 Å². The molecule has 2 saturated heterocycles. The minimum absolute atomic E-state index is 0.249. The summed E-state index contributed by atoms with van der Waals surface area (Å²) >= 11 is 0. The Morgan fingerprint density at radius 1 is 1.28 bits per heavy atom. The predicted molar refractivity (Wildman–Crippen MR) is 64.8 cm³/mol. The highest BCUT2D eigenvalue weighted by Crippen LogP contribution is 2.33. The molecule has 2 N–H and O–H groups in total. The highest BCUT2D eigenvalue weighted by atomic mass is 16.7. The van der Waals surface area contributed by atoms with Crippen LogP contribution < -0.4 is 10.5 Å². The van der Waals surface area contributed by atoms with Crippen LogP contribution in [-0.2, 0) is 9.47 Å². The maximum Gasteiger partial charge on any atom is 0.290 e. The molecule has 1 spiro atoms. The average Bonchev–Trinajstić information content (AvgIpc) is 2.82. The highest BCUT2D eigenvalue weighted by molar-refractivity contribution is 5.48. The average molecular weight is 252 g/mol. The molecule has 3 heterocycles. The fourth-order valence-corrected chi connectivity index (χ4v) is 2.53. The van der Waals surface area contributed by atoms with E-state index in [1.54, 1.807) is 6.20 Å². The van der Waals surface area contributed by atoms with Crippen molar-refractivity contribution in [3.63, 3.8) is 0 Å². The lowest BCUT2D eigenvalue weighted by Gasteiger charge is -2.38. The van der Waals surface area contributed by atoms with Crippen molar-refractivity contribution in [1.82, 2.24) is 4.98 Å². The SMILES string of the molecule is O=c1[nH]cc(N2CCC3(CC2)OCCO3)cc1O. The van der Waals surface area contributed by atoms with Crippen LogP contribution in [0, 0.1) is 0 Å². The lowest BCUT2D eigenvalue weighted by molar-refractivity contribution is -0.169. The molecule has 2 aliphatic rings. The quantitative estimate of drug-likeness (QED) is 0.758. The Labute approximate surface area is 104 Å². The van der Waals surface area contributed by atoms with Gasteiger partial charge < -0.3 is 24.5 Å². The number of hydrogen-bond acceptors (Lipinski definition) is 5. The molecule has 0 unspecified atom stereocenters. The number of pyridine rings is 1. The summed E-state index contributed by atoms with van der Waals surface area (Å²) in [5, 5.41) is 9.42. The number of rotatable bonds is 1. The number of nitrogens with zero attached hydrogens (tertiary/aromatic N) is 1. The van der Waals surface area contributed by atoms with Crippen LogP contribution >= 0.6 is 0 Å². The lowest BCUT2D eigenvalue weighted by atomic mass is 10.0. The van der Waals surface area contributed by atoms with Gasteiger partial charge in [0, 0.05) is 38.2 Å². The van der Waals surface area contributed by atoms with E-state index in [4.69, 9.17) is 9.47 Å². The van der Waals surface area contributed by atoms with Gasteiger partial charge >= 0.3 is 0 Å². The van der Waals surface area contributed by atoms with E-state index in [0.717, 1.165) is 31.6 Å². The molecule has 3 rings (SSSR count). The van der Waals surface area contributed by atoms with E-state index in [2.05, 4.69) is 9.88 Å². The Hall–Kier alpha value is -1.53. The fourth-order valence-electron chi connectivity index (χ4n) is 2.53. The van der Waals surface area contributed by atoms with Crippen LogP contribution in [-0.4, -0.2) is 42.2 Å². The molecule has 2 fully saturated rings. The molecule has 0 bridgehead atoms. The molecule has 0 radical (unpaired) electrons. The molecule has 0 atom stereocenters. The van der Waals surface area contributed by atoms with E-state index in [1.807, 2.05) is 0 Å². The molecule has 0 amide bonds. The number of ether oxygens (including phenoxy) is 2. The van der Waals surface area contributed by atoms with Gasteiger partial charge in [0.05, 0.1) is 18.9 Å². The Bertz CT molecular complexity index is 483. The first kappa shape index (κ1) is 11.6. The van der Waals surface area contributed by atoms with E-state index in [1.165, 1.54) is 6.07 Å². The van der Waals surface area contributed by atoms with Gasteiger partial charge in [0.25, 0.3) is 5.56 Å². The zero-order valence-corrected chi connectivity index (χ0v) is 10.0. The number of aromatic hydroxyl groups is 1. The zero-order chi connectivity index (χ0) is 12.6. The summed E-state index contributed by atoms with van der Waals surface area (Å²) in [5.74, 6) is -0.651. The normalized spacial score (nSPS) is 22.6. The van der Waals surface area contributed by atoms with Crippen molar-refractivity contribution in [1.29, 1.82) is 0 Å². The van der Waals surface area contributed by atoms with Crippen LogP contribution in [0.15, 0.2) is 17.1 Å². The van der Waals surface area contributed by atoms with E-state index in [-0.39, 0.29) is 5.75 Å². The van der Waals surface area contributed by atoms with Gasteiger partial charge in [-0.25, -0.2) is 0 Å². The number of aromatic nitrogens is 1. The van der Waals surface area contributed by atoms with Gasteiger partial charge in [0.1, 0.15) is 0 Å². The molecule has 6 nitrogen and oxygen atoms in total. The van der Waals surface area contributed by atoms with Crippen molar-refractivity contribution < 1.29 is 14.6 Å². The number of H-pyrrole nitrogens is 1. The van der Waals surface area contributed by atoms with Crippen LogP contribution in [0.5, 0.6) is 5.75 Å². The summed E-state index contributed by atoms with van der Waals surface area (Å²) < 4.78 is 11.3. The summed E-state index contributed by atoms with van der Waals surface area (Å²) in [6, 6.07) is 1.49. The largest absolute Gasteiger partial charge is 0.503 e. The van der Waals surface area contributed by atoms with Gasteiger partial charge in [0.15, 0.2) is 11.5 Å². The summed E-state index contributed by atoms with van der Waals surface area (Å²) in [4.78, 5) is 15.7. The van der Waals surface area contributed by atoms with Crippen LogP contribution in [0.25, 0.3) is 0 Å². The lowest BCUT2D eigenvalue weighted by Crippen LogP contribution is -2.45. The van der Waals surface area contributed by atoms with Crippen LogP contribution in [0.2, 0.25) is 0 Å². The number of nitrogens with one attached hydrogen (secondary N) is 1. The number of hydrogen-bond donors (Lipinski definition) is 2. The van der Waals surface area contributed by atoms with Crippen molar-refractivity contribution in [2.75, 3.05) is 31.2 Å². The molecule has 2 aliphatic heterocycles.